The molecule has 2 aromatic rings. The monoisotopic (exact) mass is 330 g/mol. The number of anilines is 2. The van der Waals surface area contributed by atoms with Gasteiger partial charge in [0, 0.05) is 10.7 Å². The SMILES string of the molecule is CC1Oc2ccc(NC(=O)Cc3cccc(Cl)c3)cc2NC1=O. The van der Waals surface area contributed by atoms with Gasteiger partial charge < -0.3 is 15.4 Å². The Labute approximate surface area is 138 Å². The van der Waals surface area contributed by atoms with Gasteiger partial charge in [-0.05, 0) is 42.8 Å². The molecule has 1 aliphatic heterocycles. The smallest absolute Gasteiger partial charge is 0.265 e. The molecule has 2 aromatic carbocycles. The normalized spacial score (nSPS) is 16.1. The van der Waals surface area contributed by atoms with Gasteiger partial charge in [-0.25, -0.2) is 0 Å². The van der Waals surface area contributed by atoms with Crippen LogP contribution < -0.4 is 15.4 Å². The largest absolute Gasteiger partial charge is 0.479 e. The quantitative estimate of drug-likeness (QED) is 0.907. The van der Waals surface area contributed by atoms with E-state index in [1.54, 1.807) is 43.3 Å². The molecule has 2 amide bonds. The fourth-order valence-corrected chi connectivity index (χ4v) is 2.54. The minimum Gasteiger partial charge on any atom is -0.479 e. The topological polar surface area (TPSA) is 67.4 Å². The molecular weight excluding hydrogens is 316 g/mol. The molecule has 5 nitrogen and oxygen atoms in total. The van der Waals surface area contributed by atoms with E-state index in [0.29, 0.717) is 22.1 Å². The van der Waals surface area contributed by atoms with E-state index in [1.165, 1.54) is 0 Å². The summed E-state index contributed by atoms with van der Waals surface area (Å²) in [7, 11) is 0. The third kappa shape index (κ3) is 3.63. The van der Waals surface area contributed by atoms with Crippen LogP contribution in [-0.4, -0.2) is 17.9 Å². The van der Waals surface area contributed by atoms with E-state index in [2.05, 4.69) is 10.6 Å². The predicted molar refractivity (Wildman–Crippen MR) is 88.9 cm³/mol. The number of ether oxygens (including phenoxy) is 1. The van der Waals surface area contributed by atoms with E-state index in [-0.39, 0.29) is 18.2 Å². The summed E-state index contributed by atoms with van der Waals surface area (Å²) in [6.07, 6.45) is -0.303. The lowest BCUT2D eigenvalue weighted by atomic mass is 10.1. The Morgan fingerprint density at radius 2 is 2.13 bits per heavy atom. The Hall–Kier alpha value is -2.53. The molecule has 3 rings (SSSR count). The van der Waals surface area contributed by atoms with Crippen LogP contribution >= 0.6 is 11.6 Å². The second-order valence-electron chi connectivity index (χ2n) is 5.32. The number of benzene rings is 2. The van der Waals surface area contributed by atoms with Crippen molar-refractivity contribution in [3.8, 4) is 5.75 Å². The van der Waals surface area contributed by atoms with Crippen molar-refractivity contribution in [3.05, 3.63) is 53.1 Å². The minimum absolute atomic E-state index is 0.163. The van der Waals surface area contributed by atoms with Gasteiger partial charge in [0.05, 0.1) is 12.1 Å². The van der Waals surface area contributed by atoms with E-state index in [4.69, 9.17) is 16.3 Å². The molecule has 0 aromatic heterocycles. The number of halogens is 1. The maximum absolute atomic E-state index is 12.1. The molecule has 1 unspecified atom stereocenters. The summed E-state index contributed by atoms with van der Waals surface area (Å²) in [4.78, 5) is 23.7. The number of hydrogen-bond donors (Lipinski definition) is 2. The van der Waals surface area contributed by atoms with E-state index in [0.717, 1.165) is 5.56 Å². The highest BCUT2D eigenvalue weighted by Crippen LogP contribution is 2.32. The first kappa shape index (κ1) is 15.4. The van der Waals surface area contributed by atoms with E-state index in [1.807, 2.05) is 6.07 Å². The lowest BCUT2D eigenvalue weighted by Gasteiger charge is -2.23. The Balaban J connectivity index is 1.70. The zero-order valence-corrected chi connectivity index (χ0v) is 13.2. The summed E-state index contributed by atoms with van der Waals surface area (Å²) in [5.74, 6) is 0.216. The summed E-state index contributed by atoms with van der Waals surface area (Å²) in [6.45, 7) is 1.68. The zero-order chi connectivity index (χ0) is 16.4. The second-order valence-corrected chi connectivity index (χ2v) is 5.75. The van der Waals surface area contributed by atoms with Crippen LogP contribution in [0.2, 0.25) is 5.02 Å². The fourth-order valence-electron chi connectivity index (χ4n) is 2.32. The first-order valence-corrected chi connectivity index (χ1v) is 7.55. The molecule has 0 saturated heterocycles. The predicted octanol–water partition coefficient (Wildman–Crippen LogP) is 3.24. The molecule has 118 valence electrons. The zero-order valence-electron chi connectivity index (χ0n) is 12.4. The summed E-state index contributed by atoms with van der Waals surface area (Å²) in [5, 5.41) is 6.14. The van der Waals surface area contributed by atoms with Crippen molar-refractivity contribution < 1.29 is 14.3 Å². The summed E-state index contributed by atoms with van der Waals surface area (Å²) >= 11 is 5.91. The summed E-state index contributed by atoms with van der Waals surface area (Å²) < 4.78 is 5.47. The van der Waals surface area contributed by atoms with E-state index in [9.17, 15) is 9.59 Å². The van der Waals surface area contributed by atoms with Crippen molar-refractivity contribution in [2.24, 2.45) is 0 Å². The van der Waals surface area contributed by atoms with E-state index < -0.39 is 6.10 Å². The third-order valence-corrected chi connectivity index (χ3v) is 3.68. The number of amides is 2. The van der Waals surface area contributed by atoms with E-state index >= 15 is 0 Å². The molecule has 6 heteroatoms. The summed E-state index contributed by atoms with van der Waals surface area (Å²) in [6, 6.07) is 12.3. The number of hydrogen-bond acceptors (Lipinski definition) is 3. The maximum Gasteiger partial charge on any atom is 0.265 e. The van der Waals surface area contributed by atoms with Crippen molar-refractivity contribution in [2.45, 2.75) is 19.4 Å². The van der Waals surface area contributed by atoms with Crippen LogP contribution in [0, 0.1) is 0 Å². The van der Waals surface area contributed by atoms with Crippen LogP contribution in [0.15, 0.2) is 42.5 Å². The molecule has 0 saturated carbocycles. The molecule has 0 bridgehead atoms. The van der Waals surface area contributed by atoms with Crippen LogP contribution in [0.5, 0.6) is 5.75 Å². The molecule has 1 heterocycles. The van der Waals surface area contributed by atoms with Crippen LogP contribution in [0.25, 0.3) is 0 Å². The Kier molecular flexibility index (Phi) is 4.21. The van der Waals surface area contributed by atoms with Crippen LogP contribution in [0.4, 0.5) is 11.4 Å². The number of fused-ring (bicyclic) bond motifs is 1. The van der Waals surface area contributed by atoms with Gasteiger partial charge in [0.25, 0.3) is 5.91 Å². The molecule has 0 radical (unpaired) electrons. The van der Waals surface area contributed by atoms with Gasteiger partial charge in [0.15, 0.2) is 6.10 Å². The molecule has 2 N–H and O–H groups in total. The number of nitrogens with one attached hydrogen (secondary N) is 2. The first-order chi connectivity index (χ1) is 11.0. The number of carbonyl (C=O) groups is 2. The molecule has 0 fully saturated rings. The van der Waals surface area contributed by atoms with Crippen molar-refractivity contribution >= 4 is 34.8 Å². The Bertz CT molecular complexity index is 776. The highest BCUT2D eigenvalue weighted by atomic mass is 35.5. The van der Waals surface area contributed by atoms with Gasteiger partial charge >= 0.3 is 0 Å². The van der Waals surface area contributed by atoms with Crippen LogP contribution in [0.1, 0.15) is 12.5 Å². The lowest BCUT2D eigenvalue weighted by Crippen LogP contribution is -2.34. The molecule has 0 aliphatic carbocycles. The average molecular weight is 331 g/mol. The van der Waals surface area contributed by atoms with Crippen molar-refractivity contribution in [1.82, 2.24) is 0 Å². The number of rotatable bonds is 3. The van der Waals surface area contributed by atoms with Crippen molar-refractivity contribution in [2.75, 3.05) is 10.6 Å². The Morgan fingerprint density at radius 3 is 2.91 bits per heavy atom. The standard InChI is InChI=1S/C17H15ClN2O3/c1-10-17(22)20-14-9-13(5-6-15(14)23-10)19-16(21)8-11-3-2-4-12(18)7-11/h2-7,9-10H,8H2,1H3,(H,19,21)(H,20,22). The summed E-state index contributed by atoms with van der Waals surface area (Å²) in [5.41, 5.74) is 1.97. The molecule has 1 atom stereocenters. The van der Waals surface area contributed by atoms with Gasteiger partial charge in [-0.3, -0.25) is 9.59 Å². The van der Waals surface area contributed by atoms with Crippen LogP contribution in [0.3, 0.4) is 0 Å². The van der Waals surface area contributed by atoms with Gasteiger partial charge in [-0.1, -0.05) is 23.7 Å². The van der Waals surface area contributed by atoms with Crippen molar-refractivity contribution in [1.29, 1.82) is 0 Å². The van der Waals surface area contributed by atoms with Gasteiger partial charge in [-0.2, -0.15) is 0 Å². The first-order valence-electron chi connectivity index (χ1n) is 7.17. The van der Waals surface area contributed by atoms with Gasteiger partial charge in [0.2, 0.25) is 5.91 Å². The van der Waals surface area contributed by atoms with Crippen LogP contribution in [-0.2, 0) is 16.0 Å². The third-order valence-electron chi connectivity index (χ3n) is 3.45. The van der Waals surface area contributed by atoms with Gasteiger partial charge in [0.1, 0.15) is 5.75 Å². The highest BCUT2D eigenvalue weighted by molar-refractivity contribution is 6.30. The molecular formula is C17H15ClN2O3. The fraction of sp³-hybridized carbons (Fsp3) is 0.176. The molecule has 23 heavy (non-hydrogen) atoms. The highest BCUT2D eigenvalue weighted by Gasteiger charge is 2.23. The lowest BCUT2D eigenvalue weighted by molar-refractivity contribution is -0.122. The Morgan fingerprint density at radius 1 is 1.30 bits per heavy atom. The average Bonchev–Trinajstić information content (AvgIpc) is 2.48. The minimum atomic E-state index is -0.522. The maximum atomic E-state index is 12.1. The second kappa shape index (κ2) is 6.30. The van der Waals surface area contributed by atoms with Crippen molar-refractivity contribution in [3.63, 3.8) is 0 Å². The molecule has 0 spiro atoms. The number of carbonyl (C=O) groups excluding carboxylic acids is 2. The van der Waals surface area contributed by atoms with Gasteiger partial charge in [-0.15, -0.1) is 0 Å². The molecule has 1 aliphatic rings.